The molecular weight excluding hydrogens is 362 g/mol. The third-order valence-electron chi connectivity index (χ3n) is 2.52. The fraction of sp³-hybridized carbons (Fsp3) is 0.0769. The third kappa shape index (κ3) is 4.73. The molecule has 0 saturated heterocycles. The van der Waals surface area contributed by atoms with E-state index in [0.29, 0.717) is 0 Å². The minimum absolute atomic E-state index is 0.160. The lowest BCUT2D eigenvalue weighted by Gasteiger charge is -2.12. The second-order valence-corrected chi connectivity index (χ2v) is 6.35. The highest BCUT2D eigenvalue weighted by Crippen LogP contribution is 2.27. The van der Waals surface area contributed by atoms with Crippen LogP contribution in [0.5, 0.6) is 5.75 Å². The van der Waals surface area contributed by atoms with Gasteiger partial charge < -0.3 is 4.74 Å². The first-order valence-corrected chi connectivity index (χ1v) is 7.77. The van der Waals surface area contributed by atoms with Crippen molar-refractivity contribution in [3.63, 3.8) is 0 Å². The molecule has 0 spiro atoms. The van der Waals surface area contributed by atoms with E-state index in [1.165, 1.54) is 12.1 Å². The Labute approximate surface area is 133 Å². The van der Waals surface area contributed by atoms with Crippen LogP contribution in [0.4, 0.5) is 23.2 Å². The maximum atomic E-state index is 13.1. The standard InChI is InChI=1S/C13H8ClF4NO3S/c14-11-7-10(4-5-12(11)15)23(20,21)19-8-2-1-3-9(6-8)22-13(16,17)18/h1-7,19H. The van der Waals surface area contributed by atoms with E-state index >= 15 is 0 Å². The van der Waals surface area contributed by atoms with Crippen molar-refractivity contribution < 1.29 is 30.7 Å². The van der Waals surface area contributed by atoms with Crippen LogP contribution in [0.25, 0.3) is 0 Å². The molecule has 23 heavy (non-hydrogen) atoms. The van der Waals surface area contributed by atoms with E-state index in [1.54, 1.807) is 0 Å². The Hall–Kier alpha value is -2.00. The van der Waals surface area contributed by atoms with Crippen LogP contribution < -0.4 is 9.46 Å². The van der Waals surface area contributed by atoms with Crippen LogP contribution in [0.3, 0.4) is 0 Å². The first-order chi connectivity index (χ1) is 10.6. The maximum Gasteiger partial charge on any atom is 0.573 e. The van der Waals surface area contributed by atoms with Crippen LogP contribution in [0, 0.1) is 5.82 Å². The number of hydrogen-bond acceptors (Lipinski definition) is 3. The molecule has 0 aliphatic heterocycles. The van der Waals surface area contributed by atoms with Crippen molar-refractivity contribution in [3.05, 3.63) is 53.3 Å². The van der Waals surface area contributed by atoms with Crippen LogP contribution >= 0.6 is 11.6 Å². The van der Waals surface area contributed by atoms with E-state index < -0.39 is 33.0 Å². The molecule has 0 amide bonds. The van der Waals surface area contributed by atoms with E-state index in [0.717, 1.165) is 30.3 Å². The number of ether oxygens (including phenoxy) is 1. The van der Waals surface area contributed by atoms with E-state index in [4.69, 9.17) is 11.6 Å². The summed E-state index contributed by atoms with van der Waals surface area (Å²) in [4.78, 5) is -0.342. The molecule has 10 heteroatoms. The van der Waals surface area contributed by atoms with Crippen LogP contribution in [-0.4, -0.2) is 14.8 Å². The van der Waals surface area contributed by atoms with Crippen molar-refractivity contribution >= 4 is 27.3 Å². The van der Waals surface area contributed by atoms with E-state index in [-0.39, 0.29) is 10.6 Å². The van der Waals surface area contributed by atoms with Crippen molar-refractivity contribution in [1.82, 2.24) is 0 Å². The lowest BCUT2D eigenvalue weighted by Crippen LogP contribution is -2.17. The molecular formula is C13H8ClF4NO3S. The van der Waals surface area contributed by atoms with Crippen molar-refractivity contribution in [2.24, 2.45) is 0 Å². The Morgan fingerprint density at radius 3 is 2.39 bits per heavy atom. The van der Waals surface area contributed by atoms with Gasteiger partial charge in [0.15, 0.2) is 0 Å². The van der Waals surface area contributed by atoms with Gasteiger partial charge in [-0.2, -0.15) is 0 Å². The zero-order chi connectivity index (χ0) is 17.3. The van der Waals surface area contributed by atoms with Crippen molar-refractivity contribution in [2.75, 3.05) is 4.72 Å². The average molecular weight is 370 g/mol. The number of rotatable bonds is 4. The van der Waals surface area contributed by atoms with E-state index in [1.807, 2.05) is 0 Å². The fourth-order valence-corrected chi connectivity index (χ4v) is 2.94. The Bertz CT molecular complexity index is 824. The first-order valence-electron chi connectivity index (χ1n) is 5.90. The molecule has 0 fully saturated rings. The molecule has 1 N–H and O–H groups in total. The van der Waals surface area contributed by atoms with Gasteiger partial charge in [0, 0.05) is 6.07 Å². The van der Waals surface area contributed by atoms with Crippen molar-refractivity contribution in [2.45, 2.75) is 11.3 Å². The maximum absolute atomic E-state index is 13.1. The molecule has 0 atom stereocenters. The van der Waals surface area contributed by atoms with Gasteiger partial charge in [-0.05, 0) is 30.3 Å². The quantitative estimate of drug-likeness (QED) is 0.823. The number of nitrogens with one attached hydrogen (secondary N) is 1. The molecule has 0 unspecified atom stereocenters. The summed E-state index contributed by atoms with van der Waals surface area (Å²) in [6, 6.07) is 6.99. The monoisotopic (exact) mass is 369 g/mol. The van der Waals surface area contributed by atoms with Gasteiger partial charge in [0.2, 0.25) is 0 Å². The summed E-state index contributed by atoms with van der Waals surface area (Å²) >= 11 is 5.51. The van der Waals surface area contributed by atoms with Crippen LogP contribution in [-0.2, 0) is 10.0 Å². The second-order valence-electron chi connectivity index (χ2n) is 4.26. The SMILES string of the molecule is O=S(=O)(Nc1cccc(OC(F)(F)F)c1)c1ccc(F)c(Cl)c1. The van der Waals surface area contributed by atoms with E-state index in [2.05, 4.69) is 9.46 Å². The van der Waals surface area contributed by atoms with Crippen LogP contribution in [0.1, 0.15) is 0 Å². The Kier molecular flexibility index (Phi) is 4.71. The number of alkyl halides is 3. The van der Waals surface area contributed by atoms with Crippen molar-refractivity contribution in [3.8, 4) is 5.75 Å². The number of sulfonamides is 1. The predicted octanol–water partition coefficient (Wildman–Crippen LogP) is 4.18. The number of benzene rings is 2. The summed E-state index contributed by atoms with van der Waals surface area (Å²) in [7, 11) is -4.15. The van der Waals surface area contributed by atoms with Crippen LogP contribution in [0.2, 0.25) is 5.02 Å². The molecule has 2 rings (SSSR count). The van der Waals surface area contributed by atoms with Gasteiger partial charge in [0.05, 0.1) is 15.6 Å². The minimum atomic E-state index is -4.90. The average Bonchev–Trinajstić information content (AvgIpc) is 2.39. The lowest BCUT2D eigenvalue weighted by molar-refractivity contribution is -0.274. The summed E-state index contributed by atoms with van der Waals surface area (Å²) in [5.41, 5.74) is -0.160. The highest BCUT2D eigenvalue weighted by molar-refractivity contribution is 7.92. The topological polar surface area (TPSA) is 55.4 Å². The molecule has 0 aliphatic rings. The smallest absolute Gasteiger partial charge is 0.406 e. The van der Waals surface area contributed by atoms with Crippen molar-refractivity contribution in [1.29, 1.82) is 0 Å². The molecule has 0 heterocycles. The summed E-state index contributed by atoms with van der Waals surface area (Å²) in [6.07, 6.45) is -4.90. The van der Waals surface area contributed by atoms with E-state index in [9.17, 15) is 26.0 Å². The molecule has 2 aromatic carbocycles. The minimum Gasteiger partial charge on any atom is -0.406 e. The molecule has 0 saturated carbocycles. The Morgan fingerprint density at radius 1 is 1.09 bits per heavy atom. The van der Waals surface area contributed by atoms with Gasteiger partial charge in [-0.15, -0.1) is 13.2 Å². The summed E-state index contributed by atoms with van der Waals surface area (Å²) in [6.45, 7) is 0. The first kappa shape index (κ1) is 17.4. The zero-order valence-corrected chi connectivity index (χ0v) is 12.6. The number of anilines is 1. The van der Waals surface area contributed by atoms with Gasteiger partial charge in [-0.3, -0.25) is 4.72 Å². The Balaban J connectivity index is 2.27. The molecule has 4 nitrogen and oxygen atoms in total. The number of hydrogen-bond donors (Lipinski definition) is 1. The summed E-state index contributed by atoms with van der Waals surface area (Å²) < 4.78 is 79.5. The fourth-order valence-electron chi connectivity index (χ4n) is 1.61. The van der Waals surface area contributed by atoms with Gasteiger partial charge in [0.1, 0.15) is 11.6 Å². The normalized spacial score (nSPS) is 12.0. The predicted molar refractivity (Wildman–Crippen MR) is 75.3 cm³/mol. The molecule has 0 aromatic heterocycles. The zero-order valence-electron chi connectivity index (χ0n) is 11.1. The highest BCUT2D eigenvalue weighted by atomic mass is 35.5. The third-order valence-corrected chi connectivity index (χ3v) is 4.19. The van der Waals surface area contributed by atoms with Gasteiger partial charge in [0.25, 0.3) is 10.0 Å². The van der Waals surface area contributed by atoms with Crippen LogP contribution in [0.15, 0.2) is 47.4 Å². The Morgan fingerprint density at radius 2 is 1.78 bits per heavy atom. The summed E-state index contributed by atoms with van der Waals surface area (Å²) in [5.74, 6) is -1.39. The number of halogens is 5. The lowest BCUT2D eigenvalue weighted by atomic mass is 10.3. The highest BCUT2D eigenvalue weighted by Gasteiger charge is 2.31. The molecule has 0 radical (unpaired) electrons. The largest absolute Gasteiger partial charge is 0.573 e. The second kappa shape index (κ2) is 6.25. The summed E-state index contributed by atoms with van der Waals surface area (Å²) in [5, 5.41) is -0.401. The van der Waals surface area contributed by atoms with Gasteiger partial charge in [-0.1, -0.05) is 17.7 Å². The van der Waals surface area contributed by atoms with Gasteiger partial charge >= 0.3 is 6.36 Å². The molecule has 124 valence electrons. The molecule has 0 bridgehead atoms. The van der Waals surface area contributed by atoms with Gasteiger partial charge in [-0.25, -0.2) is 12.8 Å². The molecule has 0 aliphatic carbocycles. The molecule has 2 aromatic rings.